The van der Waals surface area contributed by atoms with Crippen LogP contribution in [0.2, 0.25) is 5.02 Å². The van der Waals surface area contributed by atoms with Crippen LogP contribution < -0.4 is 16.4 Å². The number of anilines is 3. The summed E-state index contributed by atoms with van der Waals surface area (Å²) in [5, 5.41) is 16.1. The van der Waals surface area contributed by atoms with Gasteiger partial charge in [0.15, 0.2) is 5.65 Å². The third-order valence-corrected chi connectivity index (χ3v) is 6.86. The number of amides is 1. The number of nitrogens with two attached hydrogens (primary N) is 1. The molecule has 1 amide bonds. The van der Waals surface area contributed by atoms with Crippen molar-refractivity contribution in [2.75, 3.05) is 10.6 Å². The van der Waals surface area contributed by atoms with Crippen molar-refractivity contribution in [2.24, 2.45) is 11.7 Å². The summed E-state index contributed by atoms with van der Waals surface area (Å²) in [7, 11) is 0. The summed E-state index contributed by atoms with van der Waals surface area (Å²) in [5.41, 5.74) is 6.80. The lowest BCUT2D eigenvalue weighted by Crippen LogP contribution is -2.39. The summed E-state index contributed by atoms with van der Waals surface area (Å²) in [6.07, 6.45) is 5.37. The van der Waals surface area contributed by atoms with E-state index in [1.807, 2.05) is 4.57 Å². The molecule has 0 saturated heterocycles. The number of aliphatic hydroxyl groups excluding tert-OH is 1. The number of aromatic nitrogens is 4. The molecule has 2 aliphatic rings. The molecule has 3 aromatic rings. The maximum atomic E-state index is 14.5. The number of nitrogens with one attached hydrogen (secondary N) is 2. The second kappa shape index (κ2) is 8.75. The highest BCUT2D eigenvalue weighted by molar-refractivity contribution is 6.33. The van der Waals surface area contributed by atoms with Crippen LogP contribution in [-0.4, -0.2) is 42.7 Å². The fourth-order valence-electron chi connectivity index (χ4n) is 4.63. The summed E-state index contributed by atoms with van der Waals surface area (Å²) in [6.45, 7) is 0. The Morgan fingerprint density at radius 3 is 2.64 bits per heavy atom. The van der Waals surface area contributed by atoms with E-state index >= 15 is 0 Å². The third kappa shape index (κ3) is 4.32. The summed E-state index contributed by atoms with van der Waals surface area (Å²) >= 11 is 6.24. The molecule has 0 aliphatic heterocycles. The normalized spacial score (nSPS) is 24.9. The quantitative estimate of drug-likeness (QED) is 0.430. The van der Waals surface area contributed by atoms with Crippen molar-refractivity contribution < 1.29 is 14.3 Å². The van der Waals surface area contributed by atoms with Crippen molar-refractivity contribution in [2.45, 2.75) is 56.7 Å². The highest BCUT2D eigenvalue weighted by Gasteiger charge is 2.30. The van der Waals surface area contributed by atoms with E-state index in [4.69, 9.17) is 22.3 Å². The molecule has 2 aliphatic carbocycles. The van der Waals surface area contributed by atoms with E-state index in [1.54, 1.807) is 12.3 Å². The molecule has 2 saturated carbocycles. The molecular weight excluding hydrogens is 449 g/mol. The number of aliphatic hydroxyl groups is 1. The lowest BCUT2D eigenvalue weighted by Gasteiger charge is -2.32. The predicted octanol–water partition coefficient (Wildman–Crippen LogP) is 3.51. The Hall–Kier alpha value is -2.98. The minimum absolute atomic E-state index is 0.00748. The molecule has 0 spiro atoms. The van der Waals surface area contributed by atoms with Gasteiger partial charge in [-0.05, 0) is 50.7 Å². The minimum Gasteiger partial charge on any atom is -0.393 e. The van der Waals surface area contributed by atoms with Crippen LogP contribution in [0.15, 0.2) is 24.4 Å². The Bertz CT molecular complexity index is 1170. The van der Waals surface area contributed by atoms with Crippen molar-refractivity contribution in [3.63, 3.8) is 0 Å². The number of fused-ring (bicyclic) bond motifs is 1. The molecule has 11 heteroatoms. The molecule has 2 fully saturated rings. The van der Waals surface area contributed by atoms with Gasteiger partial charge in [-0.15, -0.1) is 0 Å². The van der Waals surface area contributed by atoms with Gasteiger partial charge in [0, 0.05) is 18.0 Å². The number of benzene rings is 1. The van der Waals surface area contributed by atoms with Crippen molar-refractivity contribution in [3.05, 3.63) is 35.2 Å². The van der Waals surface area contributed by atoms with Crippen LogP contribution in [-0.2, 0) is 4.79 Å². The van der Waals surface area contributed by atoms with Gasteiger partial charge in [-0.2, -0.15) is 4.98 Å². The van der Waals surface area contributed by atoms with E-state index in [2.05, 4.69) is 20.6 Å². The molecule has 5 N–H and O–H groups in total. The average molecular weight is 474 g/mol. The predicted molar refractivity (Wildman–Crippen MR) is 123 cm³/mol. The Kier molecular flexibility index (Phi) is 5.79. The van der Waals surface area contributed by atoms with Crippen LogP contribution in [0.4, 0.5) is 22.0 Å². The van der Waals surface area contributed by atoms with Gasteiger partial charge in [-0.3, -0.25) is 9.36 Å². The van der Waals surface area contributed by atoms with Gasteiger partial charge < -0.3 is 21.5 Å². The highest BCUT2D eigenvalue weighted by atomic mass is 35.5. The number of carbonyl (C=O) groups is 1. The standard InChI is InChI=1S/C22H25ClFN7O2/c23-15-2-1-3-16(24)18(15)29-22-28-17-10-26-21(27-12-8-14(32)9-12)30-20(17)31(22)13-6-4-11(5-7-13)19(25)33/h1-3,10-14,32H,4-9H2,(H2,25,33)(H,28,29)(H,26,27,30). The average Bonchev–Trinajstić information content (AvgIpc) is 3.12. The molecule has 5 rings (SSSR count). The molecule has 9 nitrogen and oxygen atoms in total. The number of hydrogen-bond acceptors (Lipinski definition) is 7. The number of para-hydroxylation sites is 1. The SMILES string of the molecule is NC(=O)C1CCC(n2c(Nc3c(F)cccc3Cl)nc3cnc(NC4CC(O)C4)nc32)CC1. The Morgan fingerprint density at radius 2 is 1.97 bits per heavy atom. The topological polar surface area (TPSA) is 131 Å². The first-order valence-corrected chi connectivity index (χ1v) is 11.5. The van der Waals surface area contributed by atoms with Gasteiger partial charge in [-0.25, -0.2) is 14.4 Å². The van der Waals surface area contributed by atoms with Crippen LogP contribution >= 0.6 is 11.6 Å². The zero-order chi connectivity index (χ0) is 23.1. The second-order valence-corrected chi connectivity index (χ2v) is 9.21. The first-order valence-electron chi connectivity index (χ1n) is 11.1. The zero-order valence-corrected chi connectivity index (χ0v) is 18.6. The molecule has 33 heavy (non-hydrogen) atoms. The van der Waals surface area contributed by atoms with Gasteiger partial charge in [0.1, 0.15) is 11.3 Å². The monoisotopic (exact) mass is 473 g/mol. The van der Waals surface area contributed by atoms with E-state index in [0.29, 0.717) is 61.6 Å². The first kappa shape index (κ1) is 21.8. The first-order chi connectivity index (χ1) is 15.9. The van der Waals surface area contributed by atoms with Gasteiger partial charge >= 0.3 is 0 Å². The highest BCUT2D eigenvalue weighted by Crippen LogP contribution is 2.38. The van der Waals surface area contributed by atoms with Gasteiger partial charge in [0.25, 0.3) is 0 Å². The molecule has 2 heterocycles. The maximum Gasteiger partial charge on any atom is 0.224 e. The number of primary amides is 1. The number of imidazole rings is 1. The number of carbonyl (C=O) groups excluding carboxylic acids is 1. The molecule has 0 bridgehead atoms. The molecule has 0 radical (unpaired) electrons. The lowest BCUT2D eigenvalue weighted by atomic mass is 9.85. The molecule has 2 aromatic heterocycles. The summed E-state index contributed by atoms with van der Waals surface area (Å²) in [5.74, 6) is -0.0651. The van der Waals surface area contributed by atoms with Crippen LogP contribution in [0.1, 0.15) is 44.6 Å². The number of rotatable bonds is 6. The largest absolute Gasteiger partial charge is 0.393 e. The van der Waals surface area contributed by atoms with Crippen molar-refractivity contribution in [3.8, 4) is 0 Å². The van der Waals surface area contributed by atoms with Crippen LogP contribution in [0.5, 0.6) is 0 Å². The minimum atomic E-state index is -0.490. The third-order valence-electron chi connectivity index (χ3n) is 6.54. The fourth-order valence-corrected chi connectivity index (χ4v) is 4.84. The molecule has 0 atom stereocenters. The van der Waals surface area contributed by atoms with E-state index in [0.717, 1.165) is 0 Å². The summed E-state index contributed by atoms with van der Waals surface area (Å²) in [6, 6.07) is 4.58. The fraction of sp³-hybridized carbons (Fsp3) is 0.455. The van der Waals surface area contributed by atoms with Crippen LogP contribution in [0.3, 0.4) is 0 Å². The van der Waals surface area contributed by atoms with E-state index in [-0.39, 0.29) is 40.7 Å². The molecule has 0 unspecified atom stereocenters. The molecular formula is C22H25ClFN7O2. The van der Waals surface area contributed by atoms with Crippen LogP contribution in [0, 0.1) is 11.7 Å². The van der Waals surface area contributed by atoms with E-state index in [9.17, 15) is 14.3 Å². The van der Waals surface area contributed by atoms with E-state index < -0.39 is 5.82 Å². The van der Waals surface area contributed by atoms with E-state index in [1.165, 1.54) is 12.1 Å². The Balaban J connectivity index is 1.52. The summed E-state index contributed by atoms with van der Waals surface area (Å²) in [4.78, 5) is 25.3. The van der Waals surface area contributed by atoms with Gasteiger partial charge in [0.05, 0.1) is 23.0 Å². The van der Waals surface area contributed by atoms with Crippen molar-refractivity contribution in [1.29, 1.82) is 0 Å². The van der Waals surface area contributed by atoms with Crippen molar-refractivity contribution in [1.82, 2.24) is 19.5 Å². The number of hydrogen-bond donors (Lipinski definition) is 4. The second-order valence-electron chi connectivity index (χ2n) is 8.80. The maximum absolute atomic E-state index is 14.5. The van der Waals surface area contributed by atoms with Crippen molar-refractivity contribution >= 4 is 46.3 Å². The Labute approximate surface area is 194 Å². The number of nitrogens with zero attached hydrogens (tertiary/aromatic N) is 4. The zero-order valence-electron chi connectivity index (χ0n) is 17.8. The number of halogens is 2. The molecule has 1 aromatic carbocycles. The smallest absolute Gasteiger partial charge is 0.224 e. The van der Waals surface area contributed by atoms with Gasteiger partial charge in [0.2, 0.25) is 17.8 Å². The summed E-state index contributed by atoms with van der Waals surface area (Å²) < 4.78 is 16.4. The lowest BCUT2D eigenvalue weighted by molar-refractivity contribution is -0.122. The van der Waals surface area contributed by atoms with Gasteiger partial charge in [-0.1, -0.05) is 17.7 Å². The Morgan fingerprint density at radius 1 is 1.21 bits per heavy atom. The van der Waals surface area contributed by atoms with Crippen LogP contribution in [0.25, 0.3) is 11.2 Å². The molecule has 174 valence electrons.